The Balaban J connectivity index is 1.68. The van der Waals surface area contributed by atoms with Crippen LogP contribution < -0.4 is 0 Å². The van der Waals surface area contributed by atoms with Crippen LogP contribution in [0.15, 0.2) is 47.3 Å². The van der Waals surface area contributed by atoms with Crippen molar-refractivity contribution >= 4 is 11.9 Å². The van der Waals surface area contributed by atoms with Gasteiger partial charge in [0.15, 0.2) is 5.69 Å². The fraction of sp³-hybridized carbons (Fsp3) is 0.348. The average molecular weight is 405 g/mol. The molecule has 0 aliphatic carbocycles. The second kappa shape index (κ2) is 6.58. The number of furan rings is 1. The zero-order chi connectivity index (χ0) is 21.0. The van der Waals surface area contributed by atoms with Gasteiger partial charge in [-0.3, -0.25) is 9.36 Å². The van der Waals surface area contributed by atoms with Crippen LogP contribution in [0.4, 0.5) is 0 Å². The highest BCUT2D eigenvalue weighted by Crippen LogP contribution is 2.41. The Hall–Kier alpha value is -3.35. The van der Waals surface area contributed by atoms with E-state index in [2.05, 4.69) is 4.98 Å². The van der Waals surface area contributed by atoms with Gasteiger partial charge in [0.1, 0.15) is 17.7 Å². The van der Waals surface area contributed by atoms with Gasteiger partial charge in [-0.25, -0.2) is 9.78 Å². The number of aromatic nitrogens is 2. The number of hydrogen-bond donors (Lipinski definition) is 0. The second-order valence-electron chi connectivity index (χ2n) is 8.72. The van der Waals surface area contributed by atoms with E-state index >= 15 is 0 Å². The Morgan fingerprint density at radius 3 is 2.83 bits per heavy atom. The molecule has 2 aliphatic heterocycles. The van der Waals surface area contributed by atoms with Gasteiger partial charge in [0.2, 0.25) is 0 Å². The summed E-state index contributed by atoms with van der Waals surface area (Å²) in [5.74, 6) is 0.194. The molecule has 0 spiro atoms. The topological polar surface area (TPSA) is 77.6 Å². The van der Waals surface area contributed by atoms with Gasteiger partial charge < -0.3 is 14.1 Å². The minimum absolute atomic E-state index is 0.0419. The van der Waals surface area contributed by atoms with Gasteiger partial charge in [0.05, 0.1) is 29.2 Å². The number of rotatable bonds is 2. The van der Waals surface area contributed by atoms with Gasteiger partial charge in [-0.15, -0.1) is 0 Å². The summed E-state index contributed by atoms with van der Waals surface area (Å²) in [6, 6.07) is 9.14. The fourth-order valence-electron chi connectivity index (χ4n) is 4.31. The second-order valence-corrected chi connectivity index (χ2v) is 8.72. The third-order valence-electron chi connectivity index (χ3n) is 5.52. The molecular formula is C23H23N3O4. The lowest BCUT2D eigenvalue weighted by molar-refractivity contribution is 0.00595. The SMILES string of the molecule is CC(C)(C)OC(=O)c1ncn2c1[C@@H]1CCCN1C(=O)c1cc(-c3ccco3)ccc1-2. The molecule has 2 aromatic heterocycles. The normalized spacial score (nSPS) is 17.9. The minimum atomic E-state index is -0.626. The maximum Gasteiger partial charge on any atom is 0.359 e. The van der Waals surface area contributed by atoms with E-state index in [0.29, 0.717) is 23.6 Å². The van der Waals surface area contributed by atoms with Gasteiger partial charge in [0, 0.05) is 12.1 Å². The van der Waals surface area contributed by atoms with Gasteiger partial charge in [-0.1, -0.05) is 0 Å². The molecule has 2 aliphatic rings. The monoisotopic (exact) mass is 405 g/mol. The van der Waals surface area contributed by atoms with E-state index in [-0.39, 0.29) is 17.6 Å². The summed E-state index contributed by atoms with van der Waals surface area (Å²) < 4.78 is 13.0. The number of imidazole rings is 1. The highest BCUT2D eigenvalue weighted by atomic mass is 16.6. The molecule has 0 unspecified atom stereocenters. The zero-order valence-corrected chi connectivity index (χ0v) is 17.2. The molecule has 0 radical (unpaired) electrons. The molecule has 5 rings (SSSR count). The summed E-state index contributed by atoms with van der Waals surface area (Å²) in [5, 5.41) is 0. The van der Waals surface area contributed by atoms with Crippen molar-refractivity contribution in [2.45, 2.75) is 45.3 Å². The summed E-state index contributed by atoms with van der Waals surface area (Å²) in [6.45, 7) is 6.14. The van der Waals surface area contributed by atoms with E-state index < -0.39 is 11.6 Å². The van der Waals surface area contributed by atoms with Crippen LogP contribution >= 0.6 is 0 Å². The lowest BCUT2D eigenvalue weighted by Crippen LogP contribution is -2.31. The molecule has 154 valence electrons. The molecular weight excluding hydrogens is 382 g/mol. The van der Waals surface area contributed by atoms with Crippen LogP contribution in [0.3, 0.4) is 0 Å². The van der Waals surface area contributed by atoms with Crippen molar-refractivity contribution in [3.05, 3.63) is 59.9 Å². The number of benzene rings is 1. The van der Waals surface area contributed by atoms with Crippen molar-refractivity contribution in [1.29, 1.82) is 0 Å². The molecule has 3 aromatic rings. The average Bonchev–Trinajstić information content (AvgIpc) is 3.44. The van der Waals surface area contributed by atoms with E-state index in [1.807, 2.05) is 60.6 Å². The zero-order valence-electron chi connectivity index (χ0n) is 17.2. The Kier molecular flexibility index (Phi) is 4.10. The van der Waals surface area contributed by atoms with Crippen molar-refractivity contribution in [2.75, 3.05) is 6.54 Å². The maximum atomic E-state index is 13.5. The van der Waals surface area contributed by atoms with Crippen molar-refractivity contribution in [1.82, 2.24) is 14.5 Å². The van der Waals surface area contributed by atoms with Gasteiger partial charge in [-0.2, -0.15) is 0 Å². The van der Waals surface area contributed by atoms with Crippen LogP contribution in [-0.2, 0) is 4.74 Å². The Labute approximate surface area is 174 Å². The summed E-state index contributed by atoms with van der Waals surface area (Å²) in [7, 11) is 0. The Morgan fingerprint density at radius 2 is 2.10 bits per heavy atom. The highest BCUT2D eigenvalue weighted by molar-refractivity contribution is 6.00. The van der Waals surface area contributed by atoms with Crippen LogP contribution in [0.5, 0.6) is 0 Å². The predicted molar refractivity (Wildman–Crippen MR) is 109 cm³/mol. The number of hydrogen-bond acceptors (Lipinski definition) is 5. The molecule has 4 heterocycles. The molecule has 1 aromatic carbocycles. The van der Waals surface area contributed by atoms with Crippen LogP contribution in [0, 0.1) is 0 Å². The number of ether oxygens (including phenoxy) is 1. The summed E-state index contributed by atoms with van der Waals surface area (Å²) in [4.78, 5) is 32.6. The van der Waals surface area contributed by atoms with Gasteiger partial charge in [-0.05, 0) is 63.9 Å². The molecule has 0 bridgehead atoms. The highest BCUT2D eigenvalue weighted by Gasteiger charge is 2.40. The lowest BCUT2D eigenvalue weighted by Gasteiger charge is -2.24. The quantitative estimate of drug-likeness (QED) is 0.592. The standard InChI is InChI=1S/C23H23N3O4/c1-23(2,3)30-22(28)19-20-17-6-4-10-25(17)21(27)15-12-14(18-7-5-11-29-18)8-9-16(15)26(20)13-24-19/h5,7-9,11-13,17H,4,6,10H2,1-3H3/t17-/m0/s1. The number of nitrogens with zero attached hydrogens (tertiary/aromatic N) is 3. The van der Waals surface area contributed by atoms with Crippen LogP contribution in [0.25, 0.3) is 17.0 Å². The van der Waals surface area contributed by atoms with Crippen molar-refractivity contribution in [3.63, 3.8) is 0 Å². The largest absolute Gasteiger partial charge is 0.464 e. The maximum absolute atomic E-state index is 13.5. The third-order valence-corrected chi connectivity index (χ3v) is 5.52. The minimum Gasteiger partial charge on any atom is -0.464 e. The molecule has 0 saturated carbocycles. The number of carbonyl (C=O) groups is 2. The molecule has 1 saturated heterocycles. The Bertz CT molecular complexity index is 1140. The molecule has 1 fully saturated rings. The summed E-state index contributed by atoms with van der Waals surface area (Å²) >= 11 is 0. The molecule has 30 heavy (non-hydrogen) atoms. The molecule has 0 N–H and O–H groups in total. The van der Waals surface area contributed by atoms with E-state index in [1.54, 1.807) is 12.6 Å². The van der Waals surface area contributed by atoms with Gasteiger partial charge in [0.25, 0.3) is 5.91 Å². The fourth-order valence-corrected chi connectivity index (χ4v) is 4.31. The predicted octanol–water partition coefficient (Wildman–Crippen LogP) is 4.38. The molecule has 7 nitrogen and oxygen atoms in total. The molecule has 1 atom stereocenters. The van der Waals surface area contributed by atoms with Crippen LogP contribution in [-0.4, -0.2) is 38.5 Å². The lowest BCUT2D eigenvalue weighted by atomic mass is 10.1. The van der Waals surface area contributed by atoms with Crippen molar-refractivity contribution < 1.29 is 18.7 Å². The van der Waals surface area contributed by atoms with E-state index in [4.69, 9.17) is 9.15 Å². The first-order chi connectivity index (χ1) is 14.3. The third kappa shape index (κ3) is 2.93. The molecule has 1 amide bonds. The van der Waals surface area contributed by atoms with E-state index in [1.165, 1.54) is 0 Å². The Morgan fingerprint density at radius 1 is 1.27 bits per heavy atom. The first-order valence-electron chi connectivity index (χ1n) is 10.1. The summed E-state index contributed by atoms with van der Waals surface area (Å²) in [5.41, 5.74) is 2.49. The van der Waals surface area contributed by atoms with Crippen LogP contribution in [0.2, 0.25) is 0 Å². The molecule has 7 heteroatoms. The number of esters is 1. The first-order valence-corrected chi connectivity index (χ1v) is 10.1. The number of carbonyl (C=O) groups excluding carboxylic acids is 2. The van der Waals surface area contributed by atoms with Crippen molar-refractivity contribution in [3.8, 4) is 17.0 Å². The smallest absolute Gasteiger partial charge is 0.359 e. The first kappa shape index (κ1) is 18.7. The number of amides is 1. The van der Waals surface area contributed by atoms with Crippen molar-refractivity contribution in [2.24, 2.45) is 0 Å². The number of fused-ring (bicyclic) bond motifs is 5. The van der Waals surface area contributed by atoms with E-state index in [9.17, 15) is 9.59 Å². The van der Waals surface area contributed by atoms with Gasteiger partial charge >= 0.3 is 5.97 Å². The van der Waals surface area contributed by atoms with E-state index in [0.717, 1.165) is 24.1 Å². The van der Waals surface area contributed by atoms with Crippen LogP contribution in [0.1, 0.15) is 66.2 Å². The summed E-state index contributed by atoms with van der Waals surface area (Å²) in [6.07, 6.45) is 4.89.